The molecule has 0 N–H and O–H groups in total. The van der Waals surface area contributed by atoms with Crippen molar-refractivity contribution < 1.29 is 8.42 Å². The smallest absolute Gasteiger partial charge is 0.207 e. The summed E-state index contributed by atoms with van der Waals surface area (Å²) in [6.07, 6.45) is 2.79. The molecule has 1 rings (SSSR count). The van der Waals surface area contributed by atoms with Gasteiger partial charge in [-0.15, -0.1) is 0 Å². The van der Waals surface area contributed by atoms with Crippen LogP contribution in [0.15, 0.2) is 21.5 Å². The SMILES string of the molecule is CN(CCCCCBr)S(=O)(=O)c1c(Cl)cc(Br)cc1Cl. The first kappa shape index (κ1) is 18.7. The Bertz CT molecular complexity index is 544. The lowest BCUT2D eigenvalue weighted by Gasteiger charge is -2.19. The molecule has 0 aliphatic rings. The summed E-state index contributed by atoms with van der Waals surface area (Å²) in [5.74, 6) is 0. The van der Waals surface area contributed by atoms with Gasteiger partial charge in [0.25, 0.3) is 0 Å². The lowest BCUT2D eigenvalue weighted by atomic mass is 10.2. The Hall–Kier alpha value is 0.670. The van der Waals surface area contributed by atoms with Gasteiger partial charge >= 0.3 is 0 Å². The Morgan fingerprint density at radius 1 is 1.15 bits per heavy atom. The predicted octanol–water partition coefficient (Wildman–Crippen LogP) is 4.94. The molecule has 0 atom stereocenters. The number of unbranched alkanes of at least 4 members (excludes halogenated alkanes) is 2. The van der Waals surface area contributed by atoms with Crippen molar-refractivity contribution in [2.24, 2.45) is 0 Å². The highest BCUT2D eigenvalue weighted by molar-refractivity contribution is 9.10. The van der Waals surface area contributed by atoms with Crippen LogP contribution in [0, 0.1) is 0 Å². The predicted molar refractivity (Wildman–Crippen MR) is 91.6 cm³/mol. The minimum atomic E-state index is -3.67. The Morgan fingerprint density at radius 2 is 1.70 bits per heavy atom. The van der Waals surface area contributed by atoms with Crippen molar-refractivity contribution in [3.63, 3.8) is 0 Å². The summed E-state index contributed by atoms with van der Waals surface area (Å²) >= 11 is 18.6. The minimum Gasteiger partial charge on any atom is -0.207 e. The van der Waals surface area contributed by atoms with E-state index < -0.39 is 10.0 Å². The third kappa shape index (κ3) is 4.85. The first-order valence-electron chi connectivity index (χ1n) is 5.97. The van der Waals surface area contributed by atoms with Gasteiger partial charge < -0.3 is 0 Å². The Morgan fingerprint density at radius 3 is 2.20 bits per heavy atom. The third-order valence-corrected chi connectivity index (χ3v) is 6.54. The fourth-order valence-corrected chi connectivity index (χ4v) is 5.14. The van der Waals surface area contributed by atoms with Crippen LogP contribution in [0.2, 0.25) is 10.0 Å². The molecule has 0 aliphatic carbocycles. The van der Waals surface area contributed by atoms with Gasteiger partial charge in [-0.3, -0.25) is 0 Å². The number of nitrogens with zero attached hydrogens (tertiary/aromatic N) is 1. The molecular weight excluding hydrogens is 453 g/mol. The Kier molecular flexibility index (Phi) is 7.81. The average Bonchev–Trinajstić information content (AvgIpc) is 2.32. The van der Waals surface area contributed by atoms with Crippen LogP contribution < -0.4 is 0 Å². The van der Waals surface area contributed by atoms with Crippen molar-refractivity contribution in [2.75, 3.05) is 18.9 Å². The van der Waals surface area contributed by atoms with Gasteiger partial charge in [0.2, 0.25) is 10.0 Å². The zero-order chi connectivity index (χ0) is 15.3. The quantitative estimate of drug-likeness (QED) is 0.420. The first-order chi connectivity index (χ1) is 9.30. The van der Waals surface area contributed by atoms with E-state index in [9.17, 15) is 8.42 Å². The van der Waals surface area contributed by atoms with Crippen LogP contribution in [-0.2, 0) is 10.0 Å². The van der Waals surface area contributed by atoms with Gasteiger partial charge in [0.1, 0.15) is 4.90 Å². The second-order valence-electron chi connectivity index (χ2n) is 4.27. The second kappa shape index (κ2) is 8.34. The molecule has 0 unspecified atom stereocenters. The lowest BCUT2D eigenvalue weighted by Crippen LogP contribution is -2.28. The van der Waals surface area contributed by atoms with Crippen molar-refractivity contribution in [2.45, 2.75) is 24.2 Å². The topological polar surface area (TPSA) is 37.4 Å². The number of rotatable bonds is 7. The molecule has 0 saturated heterocycles. The maximum atomic E-state index is 12.5. The lowest BCUT2D eigenvalue weighted by molar-refractivity contribution is 0.455. The molecule has 0 bridgehead atoms. The van der Waals surface area contributed by atoms with Gasteiger partial charge in [-0.1, -0.05) is 61.5 Å². The van der Waals surface area contributed by atoms with E-state index in [0.717, 1.165) is 24.6 Å². The molecule has 0 aromatic heterocycles. The number of alkyl halides is 1. The van der Waals surface area contributed by atoms with Crippen LogP contribution in [0.4, 0.5) is 0 Å². The zero-order valence-electron chi connectivity index (χ0n) is 10.9. The molecule has 8 heteroatoms. The van der Waals surface area contributed by atoms with Crippen molar-refractivity contribution in [3.05, 3.63) is 26.7 Å². The van der Waals surface area contributed by atoms with Gasteiger partial charge in [0, 0.05) is 23.4 Å². The molecule has 0 spiro atoms. The normalized spacial score (nSPS) is 12.1. The van der Waals surface area contributed by atoms with E-state index in [1.807, 2.05) is 0 Å². The van der Waals surface area contributed by atoms with Crippen molar-refractivity contribution >= 4 is 65.1 Å². The van der Waals surface area contributed by atoms with Crippen molar-refractivity contribution in [1.82, 2.24) is 4.31 Å². The van der Waals surface area contributed by atoms with Gasteiger partial charge in [0.15, 0.2) is 0 Å². The molecule has 0 aliphatic heterocycles. The molecule has 0 heterocycles. The summed E-state index contributed by atoms with van der Waals surface area (Å²) < 4.78 is 26.9. The largest absolute Gasteiger partial charge is 0.245 e. The van der Waals surface area contributed by atoms with Crippen LogP contribution in [0.3, 0.4) is 0 Å². The number of hydrogen-bond donors (Lipinski definition) is 0. The summed E-state index contributed by atoms with van der Waals surface area (Å²) in [5.41, 5.74) is 0. The highest BCUT2D eigenvalue weighted by Crippen LogP contribution is 2.34. The maximum Gasteiger partial charge on any atom is 0.245 e. The summed E-state index contributed by atoms with van der Waals surface area (Å²) in [5, 5.41) is 1.17. The third-order valence-electron chi connectivity index (χ3n) is 2.74. The maximum absolute atomic E-state index is 12.5. The number of benzene rings is 1. The van der Waals surface area contributed by atoms with Crippen molar-refractivity contribution in [3.8, 4) is 0 Å². The highest BCUT2D eigenvalue weighted by Gasteiger charge is 2.26. The Balaban J connectivity index is 2.93. The molecule has 0 fully saturated rings. The molecule has 0 radical (unpaired) electrons. The standard InChI is InChI=1S/C12H15Br2Cl2NO2S/c1-17(6-4-2-3-5-13)20(18,19)12-10(15)7-9(14)8-11(12)16/h7-8H,2-6H2,1H3. The highest BCUT2D eigenvalue weighted by atomic mass is 79.9. The molecular formula is C12H15Br2Cl2NO2S. The van der Waals surface area contributed by atoms with Gasteiger partial charge in [-0.05, 0) is 25.0 Å². The van der Waals surface area contributed by atoms with Crippen LogP contribution >= 0.6 is 55.1 Å². The van der Waals surface area contributed by atoms with E-state index in [1.54, 1.807) is 0 Å². The van der Waals surface area contributed by atoms with Crippen LogP contribution in [0.5, 0.6) is 0 Å². The first-order valence-corrected chi connectivity index (χ1v) is 10.1. The number of sulfonamides is 1. The minimum absolute atomic E-state index is 0.0352. The molecule has 20 heavy (non-hydrogen) atoms. The molecule has 114 valence electrons. The van der Waals surface area contributed by atoms with E-state index in [1.165, 1.54) is 23.5 Å². The van der Waals surface area contributed by atoms with E-state index in [-0.39, 0.29) is 14.9 Å². The zero-order valence-corrected chi connectivity index (χ0v) is 16.4. The Labute approximate surface area is 146 Å². The molecule has 0 amide bonds. The van der Waals surface area contributed by atoms with Crippen LogP contribution in [0.25, 0.3) is 0 Å². The molecule has 0 saturated carbocycles. The second-order valence-corrected chi connectivity index (χ2v) is 8.78. The number of halogens is 4. The van der Waals surface area contributed by atoms with Crippen molar-refractivity contribution in [1.29, 1.82) is 0 Å². The van der Waals surface area contributed by atoms with Crippen LogP contribution in [-0.4, -0.2) is 31.6 Å². The summed E-state index contributed by atoms with van der Waals surface area (Å²) in [4.78, 5) is -0.0352. The monoisotopic (exact) mass is 465 g/mol. The van der Waals surface area contributed by atoms with Gasteiger partial charge in [0.05, 0.1) is 10.0 Å². The number of hydrogen-bond acceptors (Lipinski definition) is 2. The fourth-order valence-electron chi connectivity index (χ4n) is 1.66. The molecule has 3 nitrogen and oxygen atoms in total. The van der Waals surface area contributed by atoms with E-state index >= 15 is 0 Å². The van der Waals surface area contributed by atoms with E-state index in [0.29, 0.717) is 11.0 Å². The van der Waals surface area contributed by atoms with Gasteiger partial charge in [-0.2, -0.15) is 0 Å². The van der Waals surface area contributed by atoms with E-state index in [2.05, 4.69) is 31.9 Å². The average molecular weight is 468 g/mol. The summed E-state index contributed by atoms with van der Waals surface area (Å²) in [7, 11) is -2.13. The molecule has 1 aromatic rings. The van der Waals surface area contributed by atoms with E-state index in [4.69, 9.17) is 23.2 Å². The summed E-state index contributed by atoms with van der Waals surface area (Å²) in [6, 6.07) is 3.05. The fraction of sp³-hybridized carbons (Fsp3) is 0.500. The van der Waals surface area contributed by atoms with Gasteiger partial charge in [-0.25, -0.2) is 12.7 Å². The van der Waals surface area contributed by atoms with Crippen LogP contribution in [0.1, 0.15) is 19.3 Å². The molecule has 1 aromatic carbocycles. The summed E-state index contributed by atoms with van der Waals surface area (Å²) in [6.45, 7) is 0.443.